The van der Waals surface area contributed by atoms with Crippen molar-refractivity contribution in [1.29, 1.82) is 0 Å². The number of benzene rings is 1. The molecule has 2 N–H and O–H groups in total. The Labute approximate surface area is 141 Å². The Morgan fingerprint density at radius 2 is 1.67 bits per heavy atom. The third-order valence-corrected chi connectivity index (χ3v) is 3.80. The summed E-state index contributed by atoms with van der Waals surface area (Å²) in [7, 11) is 0. The molecule has 1 heterocycles. The average molecular weight is 329 g/mol. The van der Waals surface area contributed by atoms with E-state index in [2.05, 4.69) is 36.8 Å². The zero-order chi connectivity index (χ0) is 17.9. The quantitative estimate of drug-likeness (QED) is 0.848. The van der Waals surface area contributed by atoms with Crippen molar-refractivity contribution >= 4 is 11.8 Å². The highest BCUT2D eigenvalue weighted by atomic mass is 16.5. The molecular formula is C18H23N3O3. The summed E-state index contributed by atoms with van der Waals surface area (Å²) >= 11 is 0. The molecule has 1 aromatic heterocycles. The first-order valence-corrected chi connectivity index (χ1v) is 7.90. The minimum absolute atomic E-state index is 0.0194. The van der Waals surface area contributed by atoms with Crippen molar-refractivity contribution in [2.24, 2.45) is 0 Å². The molecule has 2 aromatic rings. The van der Waals surface area contributed by atoms with Gasteiger partial charge in [0.25, 0.3) is 11.8 Å². The maximum Gasteiger partial charge on any atom is 0.275 e. The van der Waals surface area contributed by atoms with Crippen LogP contribution in [0.2, 0.25) is 0 Å². The fourth-order valence-corrected chi connectivity index (χ4v) is 2.32. The minimum Gasteiger partial charge on any atom is -0.361 e. The number of carbonyl (C=O) groups is 2. The summed E-state index contributed by atoms with van der Waals surface area (Å²) in [5.74, 6) is -0.394. The number of rotatable bonds is 3. The molecule has 0 aliphatic heterocycles. The summed E-state index contributed by atoms with van der Waals surface area (Å²) in [5, 5.41) is 3.82. The third-order valence-electron chi connectivity index (χ3n) is 3.80. The molecule has 2 rings (SSSR count). The first-order chi connectivity index (χ1) is 11.2. The van der Waals surface area contributed by atoms with Crippen molar-refractivity contribution in [2.45, 2.75) is 46.5 Å². The molecule has 1 aromatic carbocycles. The Balaban J connectivity index is 2.03. The van der Waals surface area contributed by atoms with Crippen LogP contribution in [0.4, 0.5) is 0 Å². The monoisotopic (exact) mass is 329 g/mol. The fraction of sp³-hybridized carbons (Fsp3) is 0.389. The maximum absolute atomic E-state index is 12.2. The number of carbonyl (C=O) groups excluding carboxylic acids is 2. The zero-order valence-corrected chi connectivity index (χ0v) is 14.7. The molecule has 0 atom stereocenters. The van der Waals surface area contributed by atoms with E-state index < -0.39 is 5.91 Å². The fourth-order valence-electron chi connectivity index (χ4n) is 2.32. The molecule has 2 amide bonds. The number of hydrazine groups is 1. The maximum atomic E-state index is 12.2. The molecule has 6 nitrogen and oxygen atoms in total. The topological polar surface area (TPSA) is 84.2 Å². The zero-order valence-electron chi connectivity index (χ0n) is 14.7. The molecule has 0 unspecified atom stereocenters. The third kappa shape index (κ3) is 3.82. The molecule has 0 bridgehead atoms. The van der Waals surface area contributed by atoms with Crippen molar-refractivity contribution in [3.63, 3.8) is 0 Å². The Bertz CT molecular complexity index is 740. The van der Waals surface area contributed by atoms with E-state index in [1.807, 2.05) is 19.1 Å². The van der Waals surface area contributed by atoms with Crippen molar-refractivity contribution in [3.8, 4) is 0 Å². The molecule has 0 spiro atoms. The summed E-state index contributed by atoms with van der Waals surface area (Å²) in [6.45, 7) is 9.86. The van der Waals surface area contributed by atoms with E-state index in [0.29, 0.717) is 29.0 Å². The van der Waals surface area contributed by atoms with Crippen LogP contribution in [0.3, 0.4) is 0 Å². The van der Waals surface area contributed by atoms with Gasteiger partial charge < -0.3 is 4.52 Å². The van der Waals surface area contributed by atoms with E-state index in [1.165, 1.54) is 0 Å². The van der Waals surface area contributed by atoms with Crippen molar-refractivity contribution in [3.05, 3.63) is 52.4 Å². The highest BCUT2D eigenvalue weighted by Gasteiger charge is 2.20. The Morgan fingerprint density at radius 1 is 1.08 bits per heavy atom. The highest BCUT2D eigenvalue weighted by Crippen LogP contribution is 2.22. The van der Waals surface area contributed by atoms with Gasteiger partial charge in [-0.2, -0.15) is 0 Å². The van der Waals surface area contributed by atoms with E-state index in [-0.39, 0.29) is 11.3 Å². The van der Waals surface area contributed by atoms with E-state index in [0.717, 1.165) is 5.56 Å². The van der Waals surface area contributed by atoms with Crippen LogP contribution in [0.15, 0.2) is 28.8 Å². The van der Waals surface area contributed by atoms with Gasteiger partial charge in [0, 0.05) is 5.56 Å². The first-order valence-electron chi connectivity index (χ1n) is 7.90. The molecule has 0 aliphatic carbocycles. The van der Waals surface area contributed by atoms with Crippen LogP contribution < -0.4 is 10.9 Å². The molecular weight excluding hydrogens is 306 g/mol. The van der Waals surface area contributed by atoms with Gasteiger partial charge in [-0.15, -0.1) is 0 Å². The lowest BCUT2D eigenvalue weighted by Gasteiger charge is -2.19. The highest BCUT2D eigenvalue weighted by molar-refractivity contribution is 6.00. The van der Waals surface area contributed by atoms with Crippen LogP contribution in [0.25, 0.3) is 0 Å². The first kappa shape index (κ1) is 17.7. The lowest BCUT2D eigenvalue weighted by Crippen LogP contribution is -2.42. The van der Waals surface area contributed by atoms with Crippen LogP contribution in [-0.2, 0) is 11.8 Å². The lowest BCUT2D eigenvalue weighted by atomic mass is 9.87. The molecule has 0 fully saturated rings. The van der Waals surface area contributed by atoms with Gasteiger partial charge in [-0.1, -0.05) is 45.0 Å². The predicted octanol–water partition coefficient (Wildman–Crippen LogP) is 2.92. The second kappa shape index (κ2) is 6.86. The Kier molecular flexibility index (Phi) is 5.07. The molecule has 0 saturated heterocycles. The van der Waals surface area contributed by atoms with Gasteiger partial charge in [0.2, 0.25) is 0 Å². The number of aromatic nitrogens is 1. The molecule has 0 saturated carbocycles. The van der Waals surface area contributed by atoms with E-state index in [1.54, 1.807) is 19.1 Å². The lowest BCUT2D eigenvalue weighted by molar-refractivity contribution is 0.0845. The van der Waals surface area contributed by atoms with Gasteiger partial charge in [-0.3, -0.25) is 20.4 Å². The minimum atomic E-state index is -0.440. The molecule has 128 valence electrons. The van der Waals surface area contributed by atoms with Gasteiger partial charge in [0.15, 0.2) is 0 Å². The SMILES string of the molecule is CCc1noc(C)c1C(=O)NNC(=O)c1ccc(C(C)(C)C)cc1. The number of hydrogen-bond acceptors (Lipinski definition) is 4. The molecule has 24 heavy (non-hydrogen) atoms. The van der Waals surface area contributed by atoms with Crippen LogP contribution in [-0.4, -0.2) is 17.0 Å². The van der Waals surface area contributed by atoms with E-state index >= 15 is 0 Å². The van der Waals surface area contributed by atoms with Gasteiger partial charge in [-0.05, 0) is 36.5 Å². The van der Waals surface area contributed by atoms with E-state index in [9.17, 15) is 9.59 Å². The molecule has 0 aliphatic rings. The van der Waals surface area contributed by atoms with Gasteiger partial charge in [-0.25, -0.2) is 0 Å². The number of hydrogen-bond donors (Lipinski definition) is 2. The van der Waals surface area contributed by atoms with Crippen LogP contribution in [0, 0.1) is 6.92 Å². The summed E-state index contributed by atoms with van der Waals surface area (Å²) in [4.78, 5) is 24.4. The average Bonchev–Trinajstić information content (AvgIpc) is 2.92. The molecule has 6 heteroatoms. The van der Waals surface area contributed by atoms with Crippen LogP contribution in [0.5, 0.6) is 0 Å². The van der Waals surface area contributed by atoms with Crippen LogP contribution in [0.1, 0.15) is 65.4 Å². The number of nitrogens with one attached hydrogen (secondary N) is 2. The summed E-state index contributed by atoms with van der Waals surface area (Å²) in [6, 6.07) is 7.31. The molecule has 0 radical (unpaired) electrons. The van der Waals surface area contributed by atoms with Gasteiger partial charge >= 0.3 is 0 Å². The number of amides is 2. The van der Waals surface area contributed by atoms with E-state index in [4.69, 9.17) is 4.52 Å². The smallest absolute Gasteiger partial charge is 0.275 e. The Hall–Kier alpha value is -2.63. The number of aryl methyl sites for hydroxylation is 2. The second-order valence-electron chi connectivity index (χ2n) is 6.65. The summed E-state index contributed by atoms with van der Waals surface area (Å²) < 4.78 is 5.02. The predicted molar refractivity (Wildman–Crippen MR) is 90.7 cm³/mol. The number of nitrogens with zero attached hydrogens (tertiary/aromatic N) is 1. The largest absolute Gasteiger partial charge is 0.361 e. The van der Waals surface area contributed by atoms with Crippen molar-refractivity contribution in [1.82, 2.24) is 16.0 Å². The van der Waals surface area contributed by atoms with Gasteiger partial charge in [0.05, 0.1) is 5.69 Å². The Morgan fingerprint density at radius 3 is 2.21 bits per heavy atom. The van der Waals surface area contributed by atoms with Gasteiger partial charge in [0.1, 0.15) is 11.3 Å². The van der Waals surface area contributed by atoms with Crippen molar-refractivity contribution in [2.75, 3.05) is 0 Å². The standard InChI is InChI=1S/C18H23N3O3/c1-6-14-15(11(2)24-21-14)17(23)20-19-16(22)12-7-9-13(10-8-12)18(3,4)5/h7-10H,6H2,1-5H3,(H,19,22)(H,20,23). The summed E-state index contributed by atoms with van der Waals surface area (Å²) in [5.41, 5.74) is 7.37. The normalized spacial score (nSPS) is 11.2. The van der Waals surface area contributed by atoms with Crippen molar-refractivity contribution < 1.29 is 14.1 Å². The summed E-state index contributed by atoms with van der Waals surface area (Å²) in [6.07, 6.45) is 0.572. The second-order valence-corrected chi connectivity index (χ2v) is 6.65. The van der Waals surface area contributed by atoms with Crippen LogP contribution >= 0.6 is 0 Å².